The van der Waals surface area contributed by atoms with Crippen LogP contribution in [0.1, 0.15) is 29.0 Å². The third kappa shape index (κ3) is 4.12. The van der Waals surface area contributed by atoms with Gasteiger partial charge in [-0.15, -0.1) is 0 Å². The van der Waals surface area contributed by atoms with E-state index in [0.717, 1.165) is 47.5 Å². The lowest BCUT2D eigenvalue weighted by Crippen LogP contribution is -2.18. The van der Waals surface area contributed by atoms with Crippen LogP contribution in [-0.2, 0) is 6.42 Å². The number of halogens is 2. The molecule has 1 N–H and O–H groups in total. The highest BCUT2D eigenvalue weighted by Crippen LogP contribution is 2.42. The molecule has 1 unspecified atom stereocenters. The smallest absolute Gasteiger partial charge is 0.223 e. The molecule has 0 saturated carbocycles. The molecule has 0 spiro atoms. The average molecular weight is 394 g/mol. The van der Waals surface area contributed by atoms with E-state index < -0.39 is 11.6 Å². The molecule has 0 amide bonds. The van der Waals surface area contributed by atoms with Crippen LogP contribution in [-0.4, -0.2) is 42.1 Å². The van der Waals surface area contributed by atoms with Crippen molar-refractivity contribution < 1.29 is 8.78 Å². The molecule has 0 radical (unpaired) electrons. The molecule has 4 rings (SSSR count). The average Bonchev–Trinajstić information content (AvgIpc) is 2.72. The molecule has 0 saturated heterocycles. The normalized spacial score (nSPS) is 15.1. The summed E-state index contributed by atoms with van der Waals surface area (Å²) in [6.07, 6.45) is 3.50. The zero-order valence-electron chi connectivity index (χ0n) is 16.6. The van der Waals surface area contributed by atoms with Crippen LogP contribution in [0.15, 0.2) is 48.7 Å². The number of nitrogens with zero attached hydrogens (tertiary/aromatic N) is 3. The van der Waals surface area contributed by atoms with Crippen molar-refractivity contribution in [2.24, 2.45) is 0 Å². The fourth-order valence-corrected chi connectivity index (χ4v) is 3.84. The zero-order chi connectivity index (χ0) is 20.4. The van der Waals surface area contributed by atoms with Crippen LogP contribution in [0, 0.1) is 11.6 Å². The summed E-state index contributed by atoms with van der Waals surface area (Å²) in [6.45, 7) is 1.80. The van der Waals surface area contributed by atoms with E-state index in [4.69, 9.17) is 4.98 Å². The van der Waals surface area contributed by atoms with E-state index in [1.807, 2.05) is 30.5 Å². The first-order valence-electron chi connectivity index (χ1n) is 9.81. The lowest BCUT2D eigenvalue weighted by Gasteiger charge is -2.27. The van der Waals surface area contributed by atoms with Gasteiger partial charge >= 0.3 is 0 Å². The maximum atomic E-state index is 13.8. The highest BCUT2D eigenvalue weighted by molar-refractivity contribution is 5.72. The van der Waals surface area contributed by atoms with Gasteiger partial charge in [0, 0.05) is 24.2 Å². The summed E-state index contributed by atoms with van der Waals surface area (Å²) < 4.78 is 27.3. The summed E-state index contributed by atoms with van der Waals surface area (Å²) in [5, 5.41) is 3.30. The second kappa shape index (κ2) is 8.25. The predicted molar refractivity (Wildman–Crippen MR) is 111 cm³/mol. The summed E-state index contributed by atoms with van der Waals surface area (Å²) in [5.41, 5.74) is 4.76. The molecule has 0 fully saturated rings. The number of hydrogen-bond donors (Lipinski definition) is 1. The summed E-state index contributed by atoms with van der Waals surface area (Å²) in [7, 11) is 4.10. The Labute approximate surface area is 169 Å². The van der Waals surface area contributed by atoms with E-state index in [1.54, 1.807) is 6.07 Å². The molecule has 1 heterocycles. The molecule has 0 bridgehead atoms. The Kier molecular flexibility index (Phi) is 5.53. The molecule has 1 aromatic heterocycles. The fourth-order valence-electron chi connectivity index (χ4n) is 3.84. The molecule has 1 atom stereocenters. The minimum Gasteiger partial charge on any atom is -0.354 e. The van der Waals surface area contributed by atoms with Gasteiger partial charge in [0.05, 0.1) is 5.69 Å². The Morgan fingerprint density at radius 1 is 1.10 bits per heavy atom. The molecule has 150 valence electrons. The summed E-state index contributed by atoms with van der Waals surface area (Å²) in [6, 6.07) is 12.2. The van der Waals surface area contributed by atoms with Gasteiger partial charge in [-0.2, -0.15) is 0 Å². The molecule has 1 aliphatic rings. The molecule has 4 nitrogen and oxygen atoms in total. The SMILES string of the molecule is CN(C)CCCNc1ncc2c(n1)-c1ccccc1C(c1ccc(F)c(F)c1)C2. The van der Waals surface area contributed by atoms with Gasteiger partial charge in [-0.25, -0.2) is 18.7 Å². The molecule has 0 aliphatic heterocycles. The van der Waals surface area contributed by atoms with Crippen molar-refractivity contribution in [2.75, 3.05) is 32.5 Å². The number of benzene rings is 2. The molecule has 3 aromatic rings. The number of nitrogens with one attached hydrogen (secondary N) is 1. The maximum Gasteiger partial charge on any atom is 0.223 e. The van der Waals surface area contributed by atoms with Crippen molar-refractivity contribution in [3.8, 4) is 11.3 Å². The first-order chi connectivity index (χ1) is 14.0. The van der Waals surface area contributed by atoms with Crippen molar-refractivity contribution in [2.45, 2.75) is 18.8 Å². The Morgan fingerprint density at radius 2 is 1.93 bits per heavy atom. The zero-order valence-corrected chi connectivity index (χ0v) is 16.6. The van der Waals surface area contributed by atoms with Gasteiger partial charge in [0.1, 0.15) is 0 Å². The second-order valence-corrected chi connectivity index (χ2v) is 7.67. The van der Waals surface area contributed by atoms with E-state index in [9.17, 15) is 8.78 Å². The van der Waals surface area contributed by atoms with Crippen LogP contribution in [0.25, 0.3) is 11.3 Å². The minimum atomic E-state index is -0.827. The predicted octanol–water partition coefficient (Wildman–Crippen LogP) is 4.47. The van der Waals surface area contributed by atoms with Crippen molar-refractivity contribution in [3.05, 3.63) is 77.0 Å². The first kappa shape index (κ1) is 19.5. The number of rotatable bonds is 6. The summed E-state index contributed by atoms with van der Waals surface area (Å²) in [5.74, 6) is -1.09. The molecule has 2 aromatic carbocycles. The van der Waals surface area contributed by atoms with E-state index in [0.29, 0.717) is 12.4 Å². The van der Waals surface area contributed by atoms with Gasteiger partial charge in [-0.3, -0.25) is 0 Å². The van der Waals surface area contributed by atoms with Gasteiger partial charge in [0.2, 0.25) is 5.95 Å². The van der Waals surface area contributed by atoms with Gasteiger partial charge in [0.25, 0.3) is 0 Å². The standard InChI is InChI=1S/C23H24F2N4/c1-29(2)11-5-10-26-23-27-14-16-12-19(15-8-9-20(24)21(25)13-15)17-6-3-4-7-18(17)22(16)28-23/h3-4,6-9,13-14,19H,5,10-12H2,1-2H3,(H,26,27,28). The number of anilines is 1. The number of hydrogen-bond acceptors (Lipinski definition) is 4. The van der Waals surface area contributed by atoms with Crippen molar-refractivity contribution in [3.63, 3.8) is 0 Å². The highest BCUT2D eigenvalue weighted by Gasteiger charge is 2.28. The van der Waals surface area contributed by atoms with Crippen LogP contribution in [0.4, 0.5) is 14.7 Å². The van der Waals surface area contributed by atoms with E-state index in [-0.39, 0.29) is 5.92 Å². The van der Waals surface area contributed by atoms with Crippen LogP contribution in [0.3, 0.4) is 0 Å². The molecule has 6 heteroatoms. The van der Waals surface area contributed by atoms with Crippen molar-refractivity contribution >= 4 is 5.95 Å². The third-order valence-electron chi connectivity index (χ3n) is 5.29. The largest absolute Gasteiger partial charge is 0.354 e. The van der Waals surface area contributed by atoms with Gasteiger partial charge < -0.3 is 10.2 Å². The Hall–Kier alpha value is -2.86. The van der Waals surface area contributed by atoms with Gasteiger partial charge in [0.15, 0.2) is 11.6 Å². The topological polar surface area (TPSA) is 41.0 Å². The lowest BCUT2D eigenvalue weighted by atomic mass is 9.78. The van der Waals surface area contributed by atoms with Gasteiger partial charge in [-0.1, -0.05) is 30.3 Å². The fraction of sp³-hybridized carbons (Fsp3) is 0.304. The number of aromatic nitrogens is 2. The van der Waals surface area contributed by atoms with Crippen molar-refractivity contribution in [1.29, 1.82) is 0 Å². The van der Waals surface area contributed by atoms with E-state index in [2.05, 4.69) is 29.3 Å². The highest BCUT2D eigenvalue weighted by atomic mass is 19.2. The monoisotopic (exact) mass is 394 g/mol. The Balaban J connectivity index is 1.64. The van der Waals surface area contributed by atoms with Crippen LogP contribution in [0.2, 0.25) is 0 Å². The minimum absolute atomic E-state index is 0.0590. The van der Waals surface area contributed by atoms with Crippen LogP contribution in [0.5, 0.6) is 0 Å². The lowest BCUT2D eigenvalue weighted by molar-refractivity contribution is 0.405. The number of fused-ring (bicyclic) bond motifs is 3. The molecular formula is C23H24F2N4. The molecule has 1 aliphatic carbocycles. The molecular weight excluding hydrogens is 370 g/mol. The summed E-state index contributed by atoms with van der Waals surface area (Å²) in [4.78, 5) is 11.4. The van der Waals surface area contributed by atoms with Gasteiger partial charge in [-0.05, 0) is 62.3 Å². The molecule has 29 heavy (non-hydrogen) atoms. The van der Waals surface area contributed by atoms with Crippen LogP contribution < -0.4 is 5.32 Å². The summed E-state index contributed by atoms with van der Waals surface area (Å²) >= 11 is 0. The van der Waals surface area contributed by atoms with Crippen molar-refractivity contribution in [1.82, 2.24) is 14.9 Å². The second-order valence-electron chi connectivity index (χ2n) is 7.67. The van der Waals surface area contributed by atoms with E-state index >= 15 is 0 Å². The van der Waals surface area contributed by atoms with E-state index in [1.165, 1.54) is 12.1 Å². The quantitative estimate of drug-likeness (QED) is 0.626. The van der Waals surface area contributed by atoms with Crippen LogP contribution >= 0.6 is 0 Å². The Bertz CT molecular complexity index is 1020. The third-order valence-corrected chi connectivity index (χ3v) is 5.29. The Morgan fingerprint density at radius 3 is 2.72 bits per heavy atom. The first-order valence-corrected chi connectivity index (χ1v) is 9.81. The maximum absolute atomic E-state index is 13.8.